The standard InChI is InChI=1S/C32H38FN3O6Si/c1-21-29(43(4,5)33)27(19-28(38)35(16-17-37)20-22-10-7-6-8-11-22)42-32(21)24-18-23(13-14-25(24)34(2)31(32)40)36-15-9-12-26(41-3)30(36)39/h6-15,18,21,27,29,37H,16-17,19-20H2,1-5H3/t21-,27+,29-,32+/m1/s1. The predicted octanol–water partition coefficient (Wildman–Crippen LogP) is 4.01. The van der Waals surface area contributed by atoms with Gasteiger partial charge in [0.2, 0.25) is 14.3 Å². The van der Waals surface area contributed by atoms with Crippen LogP contribution in [0.3, 0.4) is 0 Å². The average molecular weight is 608 g/mol. The number of nitrogens with zero attached hydrogens (tertiary/aromatic N) is 3. The Morgan fingerprint density at radius 3 is 2.51 bits per heavy atom. The van der Waals surface area contributed by atoms with Crippen molar-refractivity contribution in [1.29, 1.82) is 0 Å². The number of fused-ring (bicyclic) bond motifs is 2. The molecule has 0 radical (unpaired) electrons. The summed E-state index contributed by atoms with van der Waals surface area (Å²) in [6.07, 6.45) is 0.617. The van der Waals surface area contributed by atoms with E-state index in [0.717, 1.165) is 5.56 Å². The first-order chi connectivity index (χ1) is 20.4. The predicted molar refractivity (Wildman–Crippen MR) is 164 cm³/mol. The second-order valence-corrected chi connectivity index (χ2v) is 15.6. The van der Waals surface area contributed by atoms with Gasteiger partial charge in [-0.3, -0.25) is 19.0 Å². The van der Waals surface area contributed by atoms with Crippen molar-refractivity contribution in [2.45, 2.75) is 50.2 Å². The molecule has 0 aliphatic carbocycles. The van der Waals surface area contributed by atoms with Crippen molar-refractivity contribution >= 4 is 25.9 Å². The molecule has 4 atom stereocenters. The minimum atomic E-state index is -3.50. The molecule has 0 unspecified atom stereocenters. The Labute approximate surface area is 251 Å². The summed E-state index contributed by atoms with van der Waals surface area (Å²) in [4.78, 5) is 43.8. The molecule has 3 heterocycles. The Balaban J connectivity index is 1.55. The quantitative estimate of drug-likeness (QED) is 0.292. The Hall–Kier alpha value is -3.80. The van der Waals surface area contributed by atoms with Crippen molar-refractivity contribution in [3.8, 4) is 11.4 Å². The highest BCUT2D eigenvalue weighted by Gasteiger charge is 2.66. The van der Waals surface area contributed by atoms with E-state index in [1.165, 1.54) is 16.6 Å². The van der Waals surface area contributed by atoms with Crippen LogP contribution in [0.2, 0.25) is 18.6 Å². The van der Waals surface area contributed by atoms with Crippen molar-refractivity contribution in [3.63, 3.8) is 0 Å². The van der Waals surface area contributed by atoms with Gasteiger partial charge < -0.3 is 28.5 Å². The zero-order valence-electron chi connectivity index (χ0n) is 25.1. The normalized spacial score (nSPS) is 23.1. The van der Waals surface area contributed by atoms with Crippen LogP contribution in [0.1, 0.15) is 24.5 Å². The third-order valence-corrected chi connectivity index (χ3v) is 11.3. The number of rotatable bonds is 9. The maximum atomic E-state index is 16.2. The fourth-order valence-corrected chi connectivity index (χ4v) is 9.34. The SMILES string of the molecule is COc1cccn(-c2ccc3c(c2)[C@]2(O[C@@H](CC(=O)N(CCO)Cc4ccccc4)[C@H]([Si](C)(C)F)[C@H]2C)C(=O)N3C)c1=O. The monoisotopic (exact) mass is 607 g/mol. The molecule has 2 aliphatic heterocycles. The summed E-state index contributed by atoms with van der Waals surface area (Å²) in [5, 5.41) is 9.70. The number of amides is 2. The molecule has 2 aromatic carbocycles. The highest BCUT2D eigenvalue weighted by Crippen LogP contribution is 2.60. The average Bonchev–Trinajstić information content (AvgIpc) is 3.39. The largest absolute Gasteiger partial charge is 0.491 e. The van der Waals surface area contributed by atoms with Gasteiger partial charge in [0.15, 0.2) is 11.4 Å². The van der Waals surface area contributed by atoms with Crippen LogP contribution < -0.4 is 15.2 Å². The molecule has 3 aromatic rings. The summed E-state index contributed by atoms with van der Waals surface area (Å²) in [5.74, 6) is -1.04. The molecule has 1 spiro atoms. The number of aliphatic hydroxyl groups is 1. The van der Waals surface area contributed by atoms with E-state index in [0.29, 0.717) is 16.9 Å². The van der Waals surface area contributed by atoms with Crippen molar-refractivity contribution < 1.29 is 28.3 Å². The maximum absolute atomic E-state index is 16.2. The van der Waals surface area contributed by atoms with Crippen molar-refractivity contribution in [2.75, 3.05) is 32.2 Å². The number of aromatic nitrogens is 1. The Bertz CT molecular complexity index is 1580. The molecule has 0 saturated carbocycles. The molecule has 2 amide bonds. The van der Waals surface area contributed by atoms with Crippen LogP contribution in [0.4, 0.5) is 9.80 Å². The molecule has 228 valence electrons. The topological polar surface area (TPSA) is 101 Å². The molecule has 1 N–H and O–H groups in total. The van der Waals surface area contributed by atoms with Gasteiger partial charge in [0.1, 0.15) is 0 Å². The molecule has 0 bridgehead atoms. The van der Waals surface area contributed by atoms with Gasteiger partial charge in [0.05, 0.1) is 31.9 Å². The van der Waals surface area contributed by atoms with Gasteiger partial charge >= 0.3 is 0 Å². The summed E-state index contributed by atoms with van der Waals surface area (Å²) in [6, 6.07) is 18.0. The fraction of sp³-hybridized carbons (Fsp3) is 0.406. The number of carbonyl (C=O) groups excluding carboxylic acids is 2. The minimum Gasteiger partial charge on any atom is -0.491 e. The van der Waals surface area contributed by atoms with Crippen LogP contribution in [0.15, 0.2) is 71.7 Å². The van der Waals surface area contributed by atoms with Crippen LogP contribution in [-0.2, 0) is 26.5 Å². The summed E-state index contributed by atoms with van der Waals surface area (Å²) in [5.41, 5.74) is -0.0176. The summed E-state index contributed by atoms with van der Waals surface area (Å²) >= 11 is 0. The number of anilines is 1. The maximum Gasteiger partial charge on any atom is 0.297 e. The van der Waals surface area contributed by atoms with E-state index in [1.807, 2.05) is 37.3 Å². The number of likely N-dealkylation sites (N-methyl/N-ethyl adjacent to an activating group) is 1. The number of pyridine rings is 1. The number of hydrogen-bond acceptors (Lipinski definition) is 6. The Morgan fingerprint density at radius 2 is 1.86 bits per heavy atom. The van der Waals surface area contributed by atoms with Crippen LogP contribution >= 0.6 is 0 Å². The lowest BCUT2D eigenvalue weighted by atomic mass is 9.82. The number of methoxy groups -OCH3 is 1. The molecule has 5 rings (SSSR count). The lowest BCUT2D eigenvalue weighted by Crippen LogP contribution is -2.44. The van der Waals surface area contributed by atoms with E-state index in [9.17, 15) is 19.5 Å². The zero-order chi connectivity index (χ0) is 31.1. The van der Waals surface area contributed by atoms with E-state index in [2.05, 4.69) is 0 Å². The number of benzene rings is 2. The first-order valence-electron chi connectivity index (χ1n) is 14.4. The zero-order valence-corrected chi connectivity index (χ0v) is 26.1. The van der Waals surface area contributed by atoms with E-state index in [4.69, 9.17) is 9.47 Å². The van der Waals surface area contributed by atoms with Crippen molar-refractivity contribution in [3.05, 3.63) is 88.3 Å². The third kappa shape index (κ3) is 5.30. The van der Waals surface area contributed by atoms with E-state index < -0.39 is 31.6 Å². The van der Waals surface area contributed by atoms with E-state index in [-0.39, 0.29) is 49.2 Å². The second kappa shape index (κ2) is 11.7. The molecular weight excluding hydrogens is 569 g/mol. The number of aliphatic hydroxyl groups excluding tert-OH is 1. The minimum absolute atomic E-state index is 0.116. The highest BCUT2D eigenvalue weighted by molar-refractivity contribution is 6.72. The third-order valence-electron chi connectivity index (χ3n) is 8.80. The molecular formula is C32H38FN3O6Si. The number of hydrogen-bond donors (Lipinski definition) is 1. The molecule has 2 aliphatic rings. The van der Waals surface area contributed by atoms with Gasteiger partial charge in [-0.05, 0) is 49.0 Å². The molecule has 9 nitrogen and oxygen atoms in total. The first-order valence-corrected chi connectivity index (χ1v) is 17.4. The lowest BCUT2D eigenvalue weighted by molar-refractivity contribution is -0.149. The second-order valence-electron chi connectivity index (χ2n) is 11.8. The van der Waals surface area contributed by atoms with Crippen molar-refractivity contribution in [2.24, 2.45) is 5.92 Å². The van der Waals surface area contributed by atoms with Gasteiger partial charge in [0.25, 0.3) is 11.5 Å². The molecule has 1 fully saturated rings. The first kappa shape index (κ1) is 30.6. The van der Waals surface area contributed by atoms with Gasteiger partial charge in [-0.2, -0.15) is 0 Å². The number of ether oxygens (including phenoxy) is 2. The fourth-order valence-electron chi connectivity index (χ4n) is 6.84. The van der Waals surface area contributed by atoms with Gasteiger partial charge in [0, 0.05) is 49.0 Å². The summed E-state index contributed by atoms with van der Waals surface area (Å²) < 4.78 is 29.5. The van der Waals surface area contributed by atoms with E-state index >= 15 is 4.11 Å². The number of halogens is 1. The summed E-state index contributed by atoms with van der Waals surface area (Å²) in [6.45, 7) is 5.17. The van der Waals surface area contributed by atoms with E-state index in [1.54, 1.807) is 61.6 Å². The van der Waals surface area contributed by atoms with Gasteiger partial charge in [-0.15, -0.1) is 0 Å². The molecule has 11 heteroatoms. The van der Waals surface area contributed by atoms with Crippen LogP contribution in [0.25, 0.3) is 5.69 Å². The van der Waals surface area contributed by atoms with Crippen molar-refractivity contribution in [1.82, 2.24) is 9.47 Å². The van der Waals surface area contributed by atoms with Crippen LogP contribution in [0, 0.1) is 5.92 Å². The molecule has 1 aromatic heterocycles. The van der Waals surface area contributed by atoms with Crippen LogP contribution in [0.5, 0.6) is 5.75 Å². The van der Waals surface area contributed by atoms with Crippen LogP contribution in [-0.4, -0.2) is 68.2 Å². The number of carbonyl (C=O) groups is 2. The highest BCUT2D eigenvalue weighted by atomic mass is 28.4. The molecule has 43 heavy (non-hydrogen) atoms. The smallest absolute Gasteiger partial charge is 0.297 e. The Kier molecular flexibility index (Phi) is 8.34. The van der Waals surface area contributed by atoms with Gasteiger partial charge in [-0.25, -0.2) is 0 Å². The Morgan fingerprint density at radius 1 is 1.14 bits per heavy atom. The molecule has 1 saturated heterocycles. The summed E-state index contributed by atoms with van der Waals surface area (Å²) in [7, 11) is -0.424. The lowest BCUT2D eigenvalue weighted by Gasteiger charge is -2.31. The van der Waals surface area contributed by atoms with Gasteiger partial charge in [-0.1, -0.05) is 37.3 Å².